The van der Waals surface area contributed by atoms with Gasteiger partial charge in [0.25, 0.3) is 0 Å². The van der Waals surface area contributed by atoms with Gasteiger partial charge in [-0.2, -0.15) is 0 Å². The number of anilines is 1. The summed E-state index contributed by atoms with van der Waals surface area (Å²) in [5, 5.41) is 9.79. The second-order valence-corrected chi connectivity index (χ2v) is 8.38. The van der Waals surface area contributed by atoms with Crippen LogP contribution in [0.4, 0.5) is 5.82 Å². The minimum absolute atomic E-state index is 0.140. The topological polar surface area (TPSA) is 58.6 Å². The Balaban J connectivity index is 1.20. The number of carbonyl (C=O) groups is 1. The highest BCUT2D eigenvalue weighted by Crippen LogP contribution is 2.27. The molecule has 2 aromatic carbocycles. The molecule has 0 spiro atoms. The fourth-order valence-corrected chi connectivity index (χ4v) is 4.06. The van der Waals surface area contributed by atoms with Crippen molar-refractivity contribution in [2.45, 2.75) is 12.8 Å². The first kappa shape index (κ1) is 22.4. The first-order chi connectivity index (χ1) is 15.6. The number of hydrogen-bond acceptors (Lipinski definition) is 5. The van der Waals surface area contributed by atoms with Crippen LogP contribution in [0.25, 0.3) is 11.3 Å². The molecular formula is C24H24Cl2N4O2. The molecule has 0 atom stereocenters. The van der Waals surface area contributed by atoms with Gasteiger partial charge in [-0.1, -0.05) is 53.5 Å². The molecule has 0 saturated carbocycles. The number of nitrogens with zero attached hydrogens (tertiary/aromatic N) is 4. The van der Waals surface area contributed by atoms with Crippen LogP contribution < -0.4 is 9.64 Å². The third kappa shape index (κ3) is 5.69. The lowest BCUT2D eigenvalue weighted by atomic mass is 10.1. The number of rotatable bonds is 7. The third-order valence-electron chi connectivity index (χ3n) is 5.36. The highest BCUT2D eigenvalue weighted by atomic mass is 35.5. The van der Waals surface area contributed by atoms with Crippen LogP contribution >= 0.6 is 23.2 Å². The van der Waals surface area contributed by atoms with Crippen LogP contribution in [-0.4, -0.2) is 53.8 Å². The van der Waals surface area contributed by atoms with Gasteiger partial charge in [-0.25, -0.2) is 0 Å². The minimum atomic E-state index is 0.140. The summed E-state index contributed by atoms with van der Waals surface area (Å²) in [5.74, 6) is 1.56. The largest absolute Gasteiger partial charge is 0.492 e. The molecule has 32 heavy (non-hydrogen) atoms. The lowest BCUT2D eigenvalue weighted by Gasteiger charge is -2.35. The summed E-state index contributed by atoms with van der Waals surface area (Å²) in [6.07, 6.45) is 1.07. The molecule has 1 aromatic heterocycles. The molecule has 2 heterocycles. The van der Waals surface area contributed by atoms with Crippen LogP contribution in [0, 0.1) is 0 Å². The number of ether oxygens (including phenoxy) is 1. The van der Waals surface area contributed by atoms with Crippen molar-refractivity contribution < 1.29 is 9.53 Å². The average Bonchev–Trinajstić information content (AvgIpc) is 2.83. The van der Waals surface area contributed by atoms with E-state index in [0.29, 0.717) is 48.3 Å². The molecule has 1 aliphatic heterocycles. The summed E-state index contributed by atoms with van der Waals surface area (Å²) in [5.41, 5.74) is 1.90. The molecule has 8 heteroatoms. The van der Waals surface area contributed by atoms with E-state index < -0.39 is 0 Å². The molecule has 1 amide bonds. The molecule has 0 bridgehead atoms. The summed E-state index contributed by atoms with van der Waals surface area (Å²) < 4.78 is 5.66. The highest BCUT2D eigenvalue weighted by molar-refractivity contribution is 6.35. The van der Waals surface area contributed by atoms with Crippen molar-refractivity contribution in [1.82, 2.24) is 15.1 Å². The van der Waals surface area contributed by atoms with Crippen LogP contribution in [0.2, 0.25) is 10.0 Å². The van der Waals surface area contributed by atoms with Gasteiger partial charge in [0, 0.05) is 43.2 Å². The Hall–Kier alpha value is -2.83. The Labute approximate surface area is 197 Å². The number of halogens is 2. The van der Waals surface area contributed by atoms with E-state index in [4.69, 9.17) is 27.9 Å². The van der Waals surface area contributed by atoms with E-state index in [-0.39, 0.29) is 5.91 Å². The molecule has 3 aromatic rings. The van der Waals surface area contributed by atoms with E-state index in [1.165, 1.54) is 0 Å². The van der Waals surface area contributed by atoms with Crippen LogP contribution in [0.15, 0.2) is 60.7 Å². The summed E-state index contributed by atoms with van der Waals surface area (Å²) in [6, 6.07) is 19.1. The van der Waals surface area contributed by atoms with Gasteiger partial charge in [0.05, 0.1) is 17.3 Å². The Kier molecular flexibility index (Phi) is 7.45. The lowest BCUT2D eigenvalue weighted by molar-refractivity contribution is -0.131. The second kappa shape index (κ2) is 10.7. The van der Waals surface area contributed by atoms with Crippen molar-refractivity contribution >= 4 is 34.9 Å². The summed E-state index contributed by atoms with van der Waals surface area (Å²) >= 11 is 12.0. The normalized spacial score (nSPS) is 13.8. The smallest absolute Gasteiger partial charge is 0.222 e. The van der Waals surface area contributed by atoms with Crippen molar-refractivity contribution in [3.8, 4) is 17.0 Å². The standard InChI is InChI=1S/C24H24Cl2N4O2/c25-19-8-10-22(20(26)17-19)32-16-4-7-24(31)30-14-12-29(13-15-30)23-11-9-21(27-28-23)18-5-2-1-3-6-18/h1-3,5-6,8-11,17H,4,7,12-16H2. The molecule has 1 fully saturated rings. The molecule has 0 N–H and O–H groups in total. The first-order valence-corrected chi connectivity index (χ1v) is 11.4. The molecular weight excluding hydrogens is 447 g/mol. The Morgan fingerprint density at radius 2 is 1.72 bits per heavy atom. The molecule has 0 aliphatic carbocycles. The second-order valence-electron chi connectivity index (χ2n) is 7.54. The fourth-order valence-electron chi connectivity index (χ4n) is 3.60. The summed E-state index contributed by atoms with van der Waals surface area (Å²) in [7, 11) is 0. The van der Waals surface area contributed by atoms with Gasteiger partial charge >= 0.3 is 0 Å². The predicted octanol–water partition coefficient (Wildman–Crippen LogP) is 4.96. The van der Waals surface area contributed by atoms with E-state index in [0.717, 1.165) is 30.2 Å². The van der Waals surface area contributed by atoms with Crippen molar-refractivity contribution in [1.29, 1.82) is 0 Å². The number of hydrogen-bond donors (Lipinski definition) is 0. The molecule has 1 saturated heterocycles. The quantitative estimate of drug-likeness (QED) is 0.456. The Morgan fingerprint density at radius 3 is 2.41 bits per heavy atom. The van der Waals surface area contributed by atoms with Crippen LogP contribution in [0.3, 0.4) is 0 Å². The first-order valence-electron chi connectivity index (χ1n) is 10.6. The summed E-state index contributed by atoms with van der Waals surface area (Å²) in [4.78, 5) is 16.6. The van der Waals surface area contributed by atoms with Crippen LogP contribution in [-0.2, 0) is 4.79 Å². The number of benzene rings is 2. The fraction of sp³-hybridized carbons (Fsp3) is 0.292. The van der Waals surface area contributed by atoms with Gasteiger partial charge in [0.2, 0.25) is 5.91 Å². The van der Waals surface area contributed by atoms with E-state index in [1.807, 2.05) is 47.4 Å². The maximum Gasteiger partial charge on any atom is 0.222 e. The molecule has 1 aliphatic rings. The monoisotopic (exact) mass is 470 g/mol. The number of amides is 1. The molecule has 4 rings (SSSR count). The maximum absolute atomic E-state index is 12.5. The molecule has 166 valence electrons. The van der Waals surface area contributed by atoms with E-state index in [9.17, 15) is 4.79 Å². The van der Waals surface area contributed by atoms with Crippen molar-refractivity contribution in [2.75, 3.05) is 37.7 Å². The zero-order chi connectivity index (χ0) is 22.3. The zero-order valence-corrected chi connectivity index (χ0v) is 19.1. The highest BCUT2D eigenvalue weighted by Gasteiger charge is 2.22. The minimum Gasteiger partial charge on any atom is -0.492 e. The third-order valence-corrected chi connectivity index (χ3v) is 5.89. The van der Waals surface area contributed by atoms with Crippen LogP contribution in [0.1, 0.15) is 12.8 Å². The number of carbonyl (C=O) groups excluding carboxylic acids is 1. The van der Waals surface area contributed by atoms with Gasteiger partial charge in [0.1, 0.15) is 5.75 Å². The SMILES string of the molecule is O=C(CCCOc1ccc(Cl)cc1Cl)N1CCN(c2ccc(-c3ccccc3)nn2)CC1. The molecule has 0 unspecified atom stereocenters. The zero-order valence-electron chi connectivity index (χ0n) is 17.6. The van der Waals surface area contributed by atoms with Crippen molar-refractivity contribution in [3.63, 3.8) is 0 Å². The van der Waals surface area contributed by atoms with Gasteiger partial charge in [-0.05, 0) is 36.8 Å². The summed E-state index contributed by atoms with van der Waals surface area (Å²) in [6.45, 7) is 3.25. The van der Waals surface area contributed by atoms with E-state index in [1.54, 1.807) is 18.2 Å². The Bertz CT molecular complexity index is 1040. The van der Waals surface area contributed by atoms with Crippen molar-refractivity contribution in [3.05, 3.63) is 70.7 Å². The van der Waals surface area contributed by atoms with E-state index in [2.05, 4.69) is 15.1 Å². The molecule has 6 nitrogen and oxygen atoms in total. The van der Waals surface area contributed by atoms with Crippen LogP contribution in [0.5, 0.6) is 5.75 Å². The average molecular weight is 471 g/mol. The lowest BCUT2D eigenvalue weighted by Crippen LogP contribution is -2.49. The molecule has 0 radical (unpaired) electrons. The van der Waals surface area contributed by atoms with Gasteiger partial charge in [0.15, 0.2) is 5.82 Å². The number of piperazine rings is 1. The predicted molar refractivity (Wildman–Crippen MR) is 127 cm³/mol. The van der Waals surface area contributed by atoms with Gasteiger partial charge in [-0.15, -0.1) is 10.2 Å². The Morgan fingerprint density at radius 1 is 0.938 bits per heavy atom. The van der Waals surface area contributed by atoms with Gasteiger partial charge < -0.3 is 14.5 Å². The maximum atomic E-state index is 12.5. The van der Waals surface area contributed by atoms with Crippen molar-refractivity contribution in [2.24, 2.45) is 0 Å². The number of aromatic nitrogens is 2. The van der Waals surface area contributed by atoms with Gasteiger partial charge in [-0.3, -0.25) is 4.79 Å². The van der Waals surface area contributed by atoms with E-state index >= 15 is 0 Å².